The first-order chi connectivity index (χ1) is 14.6. The second-order valence-corrected chi connectivity index (χ2v) is 8.38. The molecule has 0 fully saturated rings. The van der Waals surface area contributed by atoms with E-state index in [2.05, 4.69) is 50.0 Å². The molecule has 0 radical (unpaired) electrons. The molecule has 0 spiro atoms. The zero-order valence-corrected chi connectivity index (χ0v) is 19.4. The molecule has 1 amide bonds. The Morgan fingerprint density at radius 1 is 1.23 bits per heavy atom. The quantitative estimate of drug-likeness (QED) is 0.227. The first kappa shape index (κ1) is 22.2. The summed E-state index contributed by atoms with van der Waals surface area (Å²) in [4.78, 5) is 12.4. The molecule has 3 rings (SSSR count). The van der Waals surface area contributed by atoms with Crippen LogP contribution in [0.25, 0.3) is 0 Å². The van der Waals surface area contributed by atoms with Gasteiger partial charge < -0.3 is 19.9 Å². The van der Waals surface area contributed by atoms with Crippen molar-refractivity contribution in [2.45, 2.75) is 18.2 Å². The van der Waals surface area contributed by atoms with Gasteiger partial charge in [-0.25, -0.2) is 0 Å². The molecule has 1 aromatic heterocycles. The number of carbonyl (C=O) groups excluding carboxylic acids is 1. The van der Waals surface area contributed by atoms with E-state index in [0.717, 1.165) is 11.5 Å². The number of nitrogens with zero attached hydrogens (tertiary/aromatic N) is 3. The van der Waals surface area contributed by atoms with Gasteiger partial charge in [-0.15, -0.1) is 16.8 Å². The van der Waals surface area contributed by atoms with E-state index in [0.29, 0.717) is 29.7 Å². The number of hydrogen-bond donors (Lipinski definition) is 2. The second kappa shape index (κ2) is 11.0. The Morgan fingerprint density at radius 2 is 2.00 bits per heavy atom. The molecule has 0 aliphatic heterocycles. The van der Waals surface area contributed by atoms with Gasteiger partial charge in [-0.05, 0) is 59.0 Å². The SMILES string of the molecule is C=CCn1c(CNc2ccc(I)cc2)nnc1SCC(=O)Nc1ccccc1OC. The predicted octanol–water partition coefficient (Wildman–Crippen LogP) is 4.42. The number of benzene rings is 2. The summed E-state index contributed by atoms with van der Waals surface area (Å²) in [5.41, 5.74) is 1.65. The predicted molar refractivity (Wildman–Crippen MR) is 129 cm³/mol. The van der Waals surface area contributed by atoms with Crippen LogP contribution < -0.4 is 15.4 Å². The summed E-state index contributed by atoms with van der Waals surface area (Å²) in [6.45, 7) is 4.90. The van der Waals surface area contributed by atoms with E-state index in [4.69, 9.17) is 4.74 Å². The van der Waals surface area contributed by atoms with Gasteiger partial charge in [0.1, 0.15) is 5.75 Å². The smallest absolute Gasteiger partial charge is 0.234 e. The molecule has 2 N–H and O–H groups in total. The standard InChI is InChI=1S/C21H22IN5O2S/c1-3-12-27-19(13-23-16-10-8-15(22)9-11-16)25-26-21(27)30-14-20(28)24-17-6-4-5-7-18(17)29-2/h3-11,23H,1,12-14H2,2H3,(H,24,28). The molecule has 0 atom stereocenters. The van der Waals surface area contributed by atoms with Crippen molar-refractivity contribution in [1.82, 2.24) is 14.8 Å². The zero-order valence-electron chi connectivity index (χ0n) is 16.5. The number of rotatable bonds is 10. The van der Waals surface area contributed by atoms with Crippen molar-refractivity contribution in [2.75, 3.05) is 23.5 Å². The minimum absolute atomic E-state index is 0.142. The summed E-state index contributed by atoms with van der Waals surface area (Å²) in [6, 6.07) is 15.4. The highest BCUT2D eigenvalue weighted by atomic mass is 127. The van der Waals surface area contributed by atoms with Gasteiger partial charge in [0.2, 0.25) is 5.91 Å². The van der Waals surface area contributed by atoms with Crippen molar-refractivity contribution in [3.8, 4) is 5.75 Å². The molecule has 9 heteroatoms. The zero-order chi connectivity index (χ0) is 21.3. The summed E-state index contributed by atoms with van der Waals surface area (Å²) in [7, 11) is 1.57. The lowest BCUT2D eigenvalue weighted by molar-refractivity contribution is -0.113. The highest BCUT2D eigenvalue weighted by molar-refractivity contribution is 14.1. The van der Waals surface area contributed by atoms with Crippen molar-refractivity contribution in [3.63, 3.8) is 0 Å². The molecule has 30 heavy (non-hydrogen) atoms. The highest BCUT2D eigenvalue weighted by Crippen LogP contribution is 2.24. The molecule has 0 aliphatic carbocycles. The van der Waals surface area contributed by atoms with Crippen molar-refractivity contribution < 1.29 is 9.53 Å². The Labute approximate surface area is 193 Å². The number of ether oxygens (including phenoxy) is 1. The number of methoxy groups -OCH3 is 1. The second-order valence-electron chi connectivity index (χ2n) is 6.20. The van der Waals surface area contributed by atoms with E-state index in [1.807, 2.05) is 41.0 Å². The maximum Gasteiger partial charge on any atom is 0.234 e. The third-order valence-electron chi connectivity index (χ3n) is 4.11. The minimum Gasteiger partial charge on any atom is -0.495 e. The monoisotopic (exact) mass is 535 g/mol. The van der Waals surface area contributed by atoms with E-state index in [1.54, 1.807) is 25.3 Å². The van der Waals surface area contributed by atoms with Crippen LogP contribution in [0.3, 0.4) is 0 Å². The van der Waals surface area contributed by atoms with E-state index >= 15 is 0 Å². The van der Waals surface area contributed by atoms with Crippen LogP contribution in [0.1, 0.15) is 5.82 Å². The number of nitrogens with one attached hydrogen (secondary N) is 2. The van der Waals surface area contributed by atoms with Gasteiger partial charge in [-0.3, -0.25) is 4.79 Å². The average molecular weight is 535 g/mol. The summed E-state index contributed by atoms with van der Waals surface area (Å²) in [6.07, 6.45) is 1.79. The van der Waals surface area contributed by atoms with Gasteiger partial charge in [0.15, 0.2) is 11.0 Å². The summed E-state index contributed by atoms with van der Waals surface area (Å²) in [5.74, 6) is 1.46. The Hall–Kier alpha value is -2.53. The fourth-order valence-corrected chi connectivity index (χ4v) is 3.81. The van der Waals surface area contributed by atoms with Crippen LogP contribution in [0.15, 0.2) is 66.3 Å². The fraction of sp³-hybridized carbons (Fsp3) is 0.190. The summed E-state index contributed by atoms with van der Waals surface area (Å²) in [5, 5.41) is 15.4. The molecule has 156 valence electrons. The number of carbonyl (C=O) groups is 1. The van der Waals surface area contributed by atoms with Gasteiger partial charge in [0.05, 0.1) is 25.1 Å². The lowest BCUT2D eigenvalue weighted by Gasteiger charge is -2.11. The third kappa shape index (κ3) is 5.99. The van der Waals surface area contributed by atoms with Crippen molar-refractivity contribution in [1.29, 1.82) is 0 Å². The Morgan fingerprint density at radius 3 is 2.73 bits per heavy atom. The number of halogens is 1. The third-order valence-corrected chi connectivity index (χ3v) is 5.80. The topological polar surface area (TPSA) is 81.1 Å². The van der Waals surface area contributed by atoms with Crippen LogP contribution in [-0.4, -0.2) is 33.5 Å². The van der Waals surface area contributed by atoms with Crippen LogP contribution in [0, 0.1) is 3.57 Å². The van der Waals surface area contributed by atoms with Gasteiger partial charge in [-0.1, -0.05) is 30.0 Å². The van der Waals surface area contributed by atoms with Gasteiger partial charge in [0.25, 0.3) is 0 Å². The van der Waals surface area contributed by atoms with E-state index in [9.17, 15) is 4.79 Å². The van der Waals surface area contributed by atoms with Crippen molar-refractivity contribution >= 4 is 51.6 Å². The maximum absolute atomic E-state index is 12.4. The van der Waals surface area contributed by atoms with Gasteiger partial charge in [-0.2, -0.15) is 0 Å². The van der Waals surface area contributed by atoms with E-state index in [1.165, 1.54) is 15.3 Å². The molecule has 3 aromatic rings. The first-order valence-corrected chi connectivity index (χ1v) is 11.2. The number of anilines is 2. The van der Waals surface area contributed by atoms with E-state index < -0.39 is 0 Å². The molecule has 0 unspecified atom stereocenters. The minimum atomic E-state index is -0.142. The number of amides is 1. The Balaban J connectivity index is 1.62. The number of para-hydroxylation sites is 2. The molecule has 0 aliphatic rings. The van der Waals surface area contributed by atoms with Crippen LogP contribution in [0.5, 0.6) is 5.75 Å². The summed E-state index contributed by atoms with van der Waals surface area (Å²) < 4.78 is 8.40. The van der Waals surface area contributed by atoms with Crippen molar-refractivity contribution in [3.05, 3.63) is 70.6 Å². The molecule has 7 nitrogen and oxygen atoms in total. The largest absolute Gasteiger partial charge is 0.495 e. The normalized spacial score (nSPS) is 10.5. The fourth-order valence-electron chi connectivity index (χ4n) is 2.68. The van der Waals surface area contributed by atoms with Gasteiger partial charge in [0, 0.05) is 15.8 Å². The summed E-state index contributed by atoms with van der Waals surface area (Å²) >= 11 is 3.61. The Kier molecular flexibility index (Phi) is 8.14. The molecule has 1 heterocycles. The Bertz CT molecular complexity index is 1010. The molecule has 0 saturated carbocycles. The lowest BCUT2D eigenvalue weighted by Crippen LogP contribution is -2.15. The maximum atomic E-state index is 12.4. The molecule has 0 bridgehead atoms. The van der Waals surface area contributed by atoms with E-state index in [-0.39, 0.29) is 11.7 Å². The number of aromatic nitrogens is 3. The molecule has 2 aromatic carbocycles. The number of hydrogen-bond acceptors (Lipinski definition) is 6. The molecule has 0 saturated heterocycles. The van der Waals surface area contributed by atoms with Crippen LogP contribution >= 0.6 is 34.4 Å². The van der Waals surface area contributed by atoms with Crippen LogP contribution in [0.4, 0.5) is 11.4 Å². The molecular formula is C21H22IN5O2S. The molecular weight excluding hydrogens is 513 g/mol. The van der Waals surface area contributed by atoms with Crippen LogP contribution in [0.2, 0.25) is 0 Å². The average Bonchev–Trinajstić information content (AvgIpc) is 3.14. The number of thioether (sulfide) groups is 1. The highest BCUT2D eigenvalue weighted by Gasteiger charge is 2.14. The van der Waals surface area contributed by atoms with Gasteiger partial charge >= 0.3 is 0 Å². The lowest BCUT2D eigenvalue weighted by atomic mass is 10.3. The van der Waals surface area contributed by atoms with Crippen molar-refractivity contribution in [2.24, 2.45) is 0 Å². The first-order valence-electron chi connectivity index (χ1n) is 9.18. The van der Waals surface area contributed by atoms with Crippen LogP contribution in [-0.2, 0) is 17.9 Å². The number of allylic oxidation sites excluding steroid dienone is 1.